The summed E-state index contributed by atoms with van der Waals surface area (Å²) in [4.78, 5) is 46.0. The zero-order chi connectivity index (χ0) is 28.5. The number of hydrogen-bond donors (Lipinski definition) is 2. The van der Waals surface area contributed by atoms with Gasteiger partial charge in [0.15, 0.2) is 0 Å². The Morgan fingerprint density at radius 2 is 1.72 bits per heavy atom. The van der Waals surface area contributed by atoms with Gasteiger partial charge < -0.3 is 16.0 Å². The normalized spacial score (nSPS) is 19.8. The van der Waals surface area contributed by atoms with Crippen LogP contribution in [-0.2, 0) is 20.6 Å². The van der Waals surface area contributed by atoms with E-state index in [0.29, 0.717) is 36.1 Å². The van der Waals surface area contributed by atoms with E-state index in [2.05, 4.69) is 10.3 Å². The average molecular weight is 543 g/mol. The highest BCUT2D eigenvalue weighted by Gasteiger charge is 2.50. The van der Waals surface area contributed by atoms with Gasteiger partial charge in [-0.2, -0.15) is 13.2 Å². The fourth-order valence-corrected chi connectivity index (χ4v) is 5.73. The molecule has 3 N–H and O–H groups in total. The van der Waals surface area contributed by atoms with Gasteiger partial charge in [0.05, 0.1) is 28.3 Å². The summed E-state index contributed by atoms with van der Waals surface area (Å²) in [6.45, 7) is 3.90. The van der Waals surface area contributed by atoms with Crippen molar-refractivity contribution in [3.05, 3.63) is 65.2 Å². The topological polar surface area (TPSA) is 105 Å². The Morgan fingerprint density at radius 1 is 1.10 bits per heavy atom. The van der Waals surface area contributed by atoms with Gasteiger partial charge in [-0.1, -0.05) is 57.0 Å². The van der Waals surface area contributed by atoms with Crippen LogP contribution in [0.4, 0.5) is 18.9 Å². The first kappa shape index (κ1) is 28.3. The van der Waals surface area contributed by atoms with E-state index < -0.39 is 47.0 Å². The number of nitrogens with one attached hydrogen (secondary N) is 1. The molecule has 1 aliphatic heterocycles. The van der Waals surface area contributed by atoms with Crippen LogP contribution < -0.4 is 16.0 Å². The number of rotatable bonds is 7. The van der Waals surface area contributed by atoms with E-state index in [1.54, 1.807) is 31.3 Å². The highest BCUT2D eigenvalue weighted by molar-refractivity contribution is 6.20. The largest absolute Gasteiger partial charge is 0.416 e. The molecule has 10 heteroatoms. The highest BCUT2D eigenvalue weighted by Crippen LogP contribution is 2.46. The number of likely N-dealkylation sites (N-methyl/N-ethyl adjacent to an activating group) is 1. The maximum atomic E-state index is 13.8. The van der Waals surface area contributed by atoms with Crippen LogP contribution in [0.1, 0.15) is 62.6 Å². The number of para-hydroxylation sites is 1. The summed E-state index contributed by atoms with van der Waals surface area (Å²) in [5, 5.41) is 2.77. The molecule has 1 heterocycles. The number of alkyl halides is 3. The Bertz CT molecular complexity index is 1280. The molecule has 7 nitrogen and oxygen atoms in total. The third kappa shape index (κ3) is 5.55. The van der Waals surface area contributed by atoms with Gasteiger partial charge in [-0.3, -0.25) is 14.4 Å². The summed E-state index contributed by atoms with van der Waals surface area (Å²) in [7, 11) is 1.55. The molecular formula is C29H33F3N4O3. The molecule has 2 aromatic carbocycles. The Balaban J connectivity index is 1.76. The van der Waals surface area contributed by atoms with E-state index in [9.17, 15) is 27.6 Å². The van der Waals surface area contributed by atoms with Crippen molar-refractivity contribution in [3.8, 4) is 0 Å². The Labute approximate surface area is 225 Å². The van der Waals surface area contributed by atoms with Gasteiger partial charge in [0.2, 0.25) is 18.0 Å². The van der Waals surface area contributed by atoms with Gasteiger partial charge in [0.25, 0.3) is 5.91 Å². The third-order valence-corrected chi connectivity index (χ3v) is 7.78. The van der Waals surface area contributed by atoms with Gasteiger partial charge in [-0.05, 0) is 43.4 Å². The molecule has 0 spiro atoms. The number of hydrogen-bond acceptors (Lipinski definition) is 4. The molecule has 2 aliphatic rings. The minimum absolute atomic E-state index is 0.0838. The van der Waals surface area contributed by atoms with E-state index in [4.69, 9.17) is 5.73 Å². The van der Waals surface area contributed by atoms with E-state index in [1.807, 2.05) is 13.8 Å². The number of nitrogens with zero attached hydrogens (tertiary/aromatic N) is 2. The summed E-state index contributed by atoms with van der Waals surface area (Å²) >= 11 is 0. The van der Waals surface area contributed by atoms with Crippen LogP contribution in [0.15, 0.2) is 53.5 Å². The number of fused-ring (bicyclic) bond motifs is 1. The summed E-state index contributed by atoms with van der Waals surface area (Å²) in [6.07, 6.45) is -2.90. The standard InChI is InChI=1S/C29H33F3N4O3/c1-17(2)16-21(28(27(33)39)14-6-7-15-28)25(37)35-24-26(38)36(3)22-9-5-4-8-20(22)23(34-24)18-10-12-19(13-11-18)29(30,31)32/h4-5,8-13,17,21,24H,6-7,14-16H2,1-3H3,(H2,33,39)(H,35,37). The van der Waals surface area contributed by atoms with Crippen molar-refractivity contribution in [2.75, 3.05) is 11.9 Å². The molecule has 208 valence electrons. The monoisotopic (exact) mass is 542 g/mol. The first-order valence-corrected chi connectivity index (χ1v) is 13.1. The first-order chi connectivity index (χ1) is 18.3. The van der Waals surface area contributed by atoms with E-state index in [0.717, 1.165) is 25.0 Å². The molecule has 2 aromatic rings. The lowest BCUT2D eigenvalue weighted by atomic mass is 9.69. The van der Waals surface area contributed by atoms with Gasteiger partial charge >= 0.3 is 6.18 Å². The van der Waals surface area contributed by atoms with Crippen LogP contribution in [0.3, 0.4) is 0 Å². The van der Waals surface area contributed by atoms with Crippen LogP contribution >= 0.6 is 0 Å². The van der Waals surface area contributed by atoms with Crippen molar-refractivity contribution in [3.63, 3.8) is 0 Å². The second-order valence-corrected chi connectivity index (χ2v) is 10.8. The Hall–Kier alpha value is -3.69. The minimum atomic E-state index is -4.50. The maximum absolute atomic E-state index is 13.8. The number of anilines is 1. The number of benzodiazepines with no additional fused rings is 1. The van der Waals surface area contributed by atoms with E-state index in [-0.39, 0.29) is 11.6 Å². The minimum Gasteiger partial charge on any atom is -0.369 e. The Morgan fingerprint density at radius 3 is 2.28 bits per heavy atom. The molecule has 4 rings (SSSR count). The van der Waals surface area contributed by atoms with Crippen molar-refractivity contribution < 1.29 is 27.6 Å². The van der Waals surface area contributed by atoms with Gasteiger partial charge in [-0.15, -0.1) is 0 Å². The first-order valence-electron chi connectivity index (χ1n) is 13.1. The molecule has 1 fully saturated rings. The smallest absolute Gasteiger partial charge is 0.369 e. The molecule has 2 unspecified atom stereocenters. The van der Waals surface area contributed by atoms with Crippen molar-refractivity contribution in [2.45, 2.75) is 58.3 Å². The van der Waals surface area contributed by atoms with Crippen LogP contribution in [0.5, 0.6) is 0 Å². The second-order valence-electron chi connectivity index (χ2n) is 10.8. The van der Waals surface area contributed by atoms with Crippen LogP contribution in [0.25, 0.3) is 0 Å². The number of amides is 3. The van der Waals surface area contributed by atoms with Crippen LogP contribution in [-0.4, -0.2) is 36.6 Å². The van der Waals surface area contributed by atoms with Gasteiger partial charge in [0, 0.05) is 18.2 Å². The van der Waals surface area contributed by atoms with E-state index in [1.165, 1.54) is 17.0 Å². The number of halogens is 3. The number of primary amides is 1. The number of nitrogens with two attached hydrogens (primary N) is 1. The predicted molar refractivity (Wildman–Crippen MR) is 142 cm³/mol. The molecule has 39 heavy (non-hydrogen) atoms. The van der Waals surface area contributed by atoms with Crippen molar-refractivity contribution in [2.24, 2.45) is 28.0 Å². The lowest BCUT2D eigenvalue weighted by Crippen LogP contribution is -2.53. The molecule has 3 amide bonds. The number of carbonyl (C=O) groups is 3. The number of benzene rings is 2. The average Bonchev–Trinajstić information content (AvgIpc) is 3.36. The molecular weight excluding hydrogens is 509 g/mol. The maximum Gasteiger partial charge on any atom is 0.416 e. The summed E-state index contributed by atoms with van der Waals surface area (Å²) < 4.78 is 39.6. The molecule has 0 bridgehead atoms. The van der Waals surface area contributed by atoms with Crippen LogP contribution in [0.2, 0.25) is 0 Å². The molecule has 0 aromatic heterocycles. The molecule has 0 saturated heterocycles. The fourth-order valence-electron chi connectivity index (χ4n) is 5.73. The summed E-state index contributed by atoms with van der Waals surface area (Å²) in [6, 6.07) is 11.4. The lowest BCUT2D eigenvalue weighted by Gasteiger charge is -2.35. The SMILES string of the molecule is CC(C)CC(C(=O)NC1N=C(c2ccc(C(F)(F)F)cc2)c2ccccc2N(C)C1=O)C1(C(N)=O)CCCC1. The van der Waals surface area contributed by atoms with Crippen molar-refractivity contribution >= 4 is 29.1 Å². The molecule has 2 atom stereocenters. The van der Waals surface area contributed by atoms with Gasteiger partial charge in [-0.25, -0.2) is 4.99 Å². The quantitative estimate of drug-likeness (QED) is 0.531. The Kier molecular flexibility index (Phi) is 7.86. The predicted octanol–water partition coefficient (Wildman–Crippen LogP) is 4.67. The number of aliphatic imine (C=N–C) groups is 1. The zero-order valence-electron chi connectivity index (χ0n) is 22.2. The highest BCUT2D eigenvalue weighted by atomic mass is 19.4. The van der Waals surface area contributed by atoms with Gasteiger partial charge in [0.1, 0.15) is 0 Å². The fraction of sp³-hybridized carbons (Fsp3) is 0.448. The summed E-state index contributed by atoms with van der Waals surface area (Å²) in [5.41, 5.74) is 5.71. The van der Waals surface area contributed by atoms with Crippen molar-refractivity contribution in [1.29, 1.82) is 0 Å². The van der Waals surface area contributed by atoms with E-state index >= 15 is 0 Å². The summed E-state index contributed by atoms with van der Waals surface area (Å²) in [5.74, 6) is -2.18. The zero-order valence-corrected chi connectivity index (χ0v) is 22.2. The molecule has 1 saturated carbocycles. The third-order valence-electron chi connectivity index (χ3n) is 7.78. The molecule has 0 radical (unpaired) electrons. The second kappa shape index (κ2) is 10.8. The molecule has 1 aliphatic carbocycles. The van der Waals surface area contributed by atoms with Crippen LogP contribution in [0, 0.1) is 17.3 Å². The number of carbonyl (C=O) groups excluding carboxylic acids is 3. The lowest BCUT2D eigenvalue weighted by molar-refractivity contribution is -0.142. The van der Waals surface area contributed by atoms with Crippen molar-refractivity contribution in [1.82, 2.24) is 5.32 Å².